The number of hydrogen-bond acceptors (Lipinski definition) is 3. The highest BCUT2D eigenvalue weighted by molar-refractivity contribution is 4.89. The Hall–Kier alpha value is -0.120. The Kier molecular flexibility index (Phi) is 5.22. The topological polar surface area (TPSA) is 24.5 Å². The lowest BCUT2D eigenvalue weighted by Crippen LogP contribution is -2.58. The molecule has 1 fully saturated rings. The first-order valence-corrected chi connectivity index (χ1v) is 7.27. The van der Waals surface area contributed by atoms with Crippen LogP contribution in [0, 0.1) is 5.92 Å². The molecule has 0 saturated carbocycles. The van der Waals surface area contributed by atoms with Crippen molar-refractivity contribution in [1.29, 1.82) is 0 Å². The Balaban J connectivity index is 2.38. The molecule has 108 valence electrons. The molecule has 3 heteroatoms. The zero-order valence-electron chi connectivity index (χ0n) is 13.3. The van der Waals surface area contributed by atoms with Gasteiger partial charge < -0.3 is 10.1 Å². The zero-order valence-corrected chi connectivity index (χ0v) is 13.3. The van der Waals surface area contributed by atoms with Crippen molar-refractivity contribution in [2.45, 2.75) is 65.7 Å². The molecule has 3 nitrogen and oxygen atoms in total. The van der Waals surface area contributed by atoms with Gasteiger partial charge in [0.1, 0.15) is 0 Å². The summed E-state index contributed by atoms with van der Waals surface area (Å²) in [5.74, 6) is 0.697. The quantitative estimate of drug-likeness (QED) is 0.818. The summed E-state index contributed by atoms with van der Waals surface area (Å²) in [6.07, 6.45) is 0. The SMILES string of the molecule is CC(C)C(C)NCCN1CC(C)(C)OC(C)(C)C1. The number of hydrogen-bond donors (Lipinski definition) is 1. The Morgan fingerprint density at radius 2 is 1.56 bits per heavy atom. The second-order valence-corrected chi connectivity index (χ2v) is 7.32. The number of morpholine rings is 1. The van der Waals surface area contributed by atoms with Gasteiger partial charge in [-0.05, 0) is 40.5 Å². The Morgan fingerprint density at radius 1 is 1.06 bits per heavy atom. The largest absolute Gasteiger partial charge is 0.367 e. The van der Waals surface area contributed by atoms with Crippen molar-refractivity contribution in [3.05, 3.63) is 0 Å². The fourth-order valence-corrected chi connectivity index (χ4v) is 2.79. The molecule has 1 atom stereocenters. The summed E-state index contributed by atoms with van der Waals surface area (Å²) in [7, 11) is 0. The summed E-state index contributed by atoms with van der Waals surface area (Å²) in [4.78, 5) is 2.52. The van der Waals surface area contributed by atoms with E-state index in [1.54, 1.807) is 0 Å². The minimum Gasteiger partial charge on any atom is -0.367 e. The summed E-state index contributed by atoms with van der Waals surface area (Å²) in [6.45, 7) is 19.7. The van der Waals surface area contributed by atoms with Gasteiger partial charge in [0.05, 0.1) is 11.2 Å². The predicted octanol–water partition coefficient (Wildman–Crippen LogP) is 2.51. The molecule has 0 amide bonds. The second-order valence-electron chi connectivity index (χ2n) is 7.32. The molecule has 0 aliphatic carbocycles. The predicted molar refractivity (Wildman–Crippen MR) is 78.0 cm³/mol. The van der Waals surface area contributed by atoms with Crippen molar-refractivity contribution in [3.8, 4) is 0 Å². The Morgan fingerprint density at radius 3 is 2.00 bits per heavy atom. The monoisotopic (exact) mass is 256 g/mol. The first kappa shape index (κ1) is 15.9. The van der Waals surface area contributed by atoms with Gasteiger partial charge in [-0.2, -0.15) is 0 Å². The van der Waals surface area contributed by atoms with Crippen LogP contribution in [0.2, 0.25) is 0 Å². The second kappa shape index (κ2) is 5.89. The maximum atomic E-state index is 6.09. The fraction of sp³-hybridized carbons (Fsp3) is 1.00. The maximum Gasteiger partial charge on any atom is 0.0760 e. The van der Waals surface area contributed by atoms with Crippen LogP contribution < -0.4 is 5.32 Å². The van der Waals surface area contributed by atoms with E-state index in [0.29, 0.717) is 12.0 Å². The Bertz CT molecular complexity index is 245. The van der Waals surface area contributed by atoms with Crippen LogP contribution in [0.4, 0.5) is 0 Å². The van der Waals surface area contributed by atoms with Crippen molar-refractivity contribution in [3.63, 3.8) is 0 Å². The highest BCUT2D eigenvalue weighted by Crippen LogP contribution is 2.27. The summed E-state index contributed by atoms with van der Waals surface area (Å²) >= 11 is 0. The standard InChI is InChI=1S/C15H32N2O/c1-12(2)13(3)16-8-9-17-10-14(4,5)18-15(6,7)11-17/h12-13,16H,8-11H2,1-7H3. The van der Waals surface area contributed by atoms with Crippen LogP contribution in [0.15, 0.2) is 0 Å². The van der Waals surface area contributed by atoms with Gasteiger partial charge in [0.2, 0.25) is 0 Å². The Labute approximate surface area is 113 Å². The van der Waals surface area contributed by atoms with Crippen LogP contribution in [0.1, 0.15) is 48.5 Å². The highest BCUT2D eigenvalue weighted by Gasteiger charge is 2.37. The molecule has 0 spiro atoms. The van der Waals surface area contributed by atoms with Gasteiger partial charge >= 0.3 is 0 Å². The van der Waals surface area contributed by atoms with Crippen molar-refractivity contribution < 1.29 is 4.74 Å². The molecule has 18 heavy (non-hydrogen) atoms. The molecule has 0 aromatic heterocycles. The van der Waals surface area contributed by atoms with E-state index in [1.807, 2.05) is 0 Å². The zero-order chi connectivity index (χ0) is 14.0. The molecule has 1 rings (SSSR count). The van der Waals surface area contributed by atoms with E-state index in [-0.39, 0.29) is 11.2 Å². The van der Waals surface area contributed by atoms with Crippen LogP contribution in [-0.4, -0.2) is 48.3 Å². The number of nitrogens with one attached hydrogen (secondary N) is 1. The number of ether oxygens (including phenoxy) is 1. The summed E-state index contributed by atoms with van der Waals surface area (Å²) < 4.78 is 6.09. The molecule has 0 aromatic rings. The third-order valence-electron chi connectivity index (χ3n) is 3.66. The minimum absolute atomic E-state index is 0.0363. The number of nitrogens with zero attached hydrogens (tertiary/aromatic N) is 1. The summed E-state index contributed by atoms with van der Waals surface area (Å²) in [5.41, 5.74) is -0.0726. The third kappa shape index (κ3) is 5.25. The smallest absolute Gasteiger partial charge is 0.0760 e. The molecular formula is C15H32N2O. The van der Waals surface area contributed by atoms with Crippen molar-refractivity contribution in [2.75, 3.05) is 26.2 Å². The molecule has 1 aliphatic heterocycles. The van der Waals surface area contributed by atoms with Gasteiger partial charge in [-0.1, -0.05) is 13.8 Å². The molecule has 0 bridgehead atoms. The average molecular weight is 256 g/mol. The van der Waals surface area contributed by atoms with Gasteiger partial charge in [0.25, 0.3) is 0 Å². The molecule has 1 aliphatic rings. The van der Waals surface area contributed by atoms with E-state index >= 15 is 0 Å². The van der Waals surface area contributed by atoms with Gasteiger partial charge in [-0.15, -0.1) is 0 Å². The van der Waals surface area contributed by atoms with E-state index in [1.165, 1.54) is 0 Å². The fourth-order valence-electron chi connectivity index (χ4n) is 2.79. The normalized spacial score (nSPS) is 25.3. The number of rotatable bonds is 5. The molecule has 0 radical (unpaired) electrons. The van der Waals surface area contributed by atoms with E-state index in [9.17, 15) is 0 Å². The molecule has 1 N–H and O–H groups in total. The summed E-state index contributed by atoms with van der Waals surface area (Å²) in [6, 6.07) is 0.590. The van der Waals surface area contributed by atoms with E-state index in [4.69, 9.17) is 4.74 Å². The molecule has 1 heterocycles. The first-order valence-electron chi connectivity index (χ1n) is 7.27. The first-order chi connectivity index (χ1) is 8.11. The van der Waals surface area contributed by atoms with Crippen molar-refractivity contribution >= 4 is 0 Å². The lowest BCUT2D eigenvalue weighted by Gasteiger charge is -2.47. The highest BCUT2D eigenvalue weighted by atomic mass is 16.5. The van der Waals surface area contributed by atoms with Crippen molar-refractivity contribution in [1.82, 2.24) is 10.2 Å². The van der Waals surface area contributed by atoms with Crippen LogP contribution in [0.5, 0.6) is 0 Å². The maximum absolute atomic E-state index is 6.09. The van der Waals surface area contributed by atoms with Gasteiger partial charge in [-0.3, -0.25) is 4.90 Å². The van der Waals surface area contributed by atoms with Gasteiger partial charge in [0.15, 0.2) is 0 Å². The van der Waals surface area contributed by atoms with E-state index in [0.717, 1.165) is 26.2 Å². The molecular weight excluding hydrogens is 224 g/mol. The van der Waals surface area contributed by atoms with Gasteiger partial charge in [-0.25, -0.2) is 0 Å². The lowest BCUT2D eigenvalue weighted by atomic mass is 9.99. The van der Waals surface area contributed by atoms with E-state index in [2.05, 4.69) is 58.7 Å². The summed E-state index contributed by atoms with van der Waals surface area (Å²) in [5, 5.41) is 3.60. The lowest BCUT2D eigenvalue weighted by molar-refractivity contribution is -0.180. The van der Waals surface area contributed by atoms with Crippen LogP contribution >= 0.6 is 0 Å². The average Bonchev–Trinajstić information content (AvgIpc) is 2.11. The minimum atomic E-state index is -0.0363. The van der Waals surface area contributed by atoms with Crippen LogP contribution in [-0.2, 0) is 4.74 Å². The molecule has 0 aromatic carbocycles. The van der Waals surface area contributed by atoms with Crippen LogP contribution in [0.3, 0.4) is 0 Å². The van der Waals surface area contributed by atoms with Crippen molar-refractivity contribution in [2.24, 2.45) is 5.92 Å². The molecule has 1 unspecified atom stereocenters. The van der Waals surface area contributed by atoms with E-state index < -0.39 is 0 Å². The third-order valence-corrected chi connectivity index (χ3v) is 3.66. The van der Waals surface area contributed by atoms with Gasteiger partial charge in [0, 0.05) is 32.2 Å². The molecule has 1 saturated heterocycles. The van der Waals surface area contributed by atoms with Crippen LogP contribution in [0.25, 0.3) is 0 Å².